The highest BCUT2D eigenvalue weighted by atomic mass is 16.4. The summed E-state index contributed by atoms with van der Waals surface area (Å²) >= 11 is 0. The normalized spacial score (nSPS) is 11.2. The monoisotopic (exact) mass is 222 g/mol. The van der Waals surface area contributed by atoms with Crippen LogP contribution in [0.25, 0.3) is 0 Å². The maximum absolute atomic E-state index is 10.8. The van der Waals surface area contributed by atoms with Crippen LogP contribution in [0.5, 0.6) is 0 Å². The minimum atomic E-state index is -0.938. The molecular formula is C12H18N2O2. The Bertz CT molecular complexity index is 394. The number of aromatic nitrogens is 1. The molecule has 0 aliphatic heterocycles. The van der Waals surface area contributed by atoms with Crippen molar-refractivity contribution < 1.29 is 9.90 Å². The van der Waals surface area contributed by atoms with Gasteiger partial charge < -0.3 is 10.4 Å². The van der Waals surface area contributed by atoms with Gasteiger partial charge in [0, 0.05) is 6.54 Å². The molecule has 0 atom stereocenters. The number of aromatic carboxylic acids is 1. The lowest BCUT2D eigenvalue weighted by molar-refractivity contribution is 0.0695. The highest BCUT2D eigenvalue weighted by Crippen LogP contribution is 2.15. The summed E-state index contributed by atoms with van der Waals surface area (Å²) in [6, 6.07) is 3.28. The molecule has 0 unspecified atom stereocenters. The molecule has 1 aromatic rings. The van der Waals surface area contributed by atoms with Gasteiger partial charge in [-0.1, -0.05) is 20.8 Å². The van der Waals surface area contributed by atoms with E-state index in [-0.39, 0.29) is 11.0 Å². The minimum absolute atomic E-state index is 0.168. The Morgan fingerprint density at radius 2 is 2.06 bits per heavy atom. The average molecular weight is 222 g/mol. The molecule has 1 aromatic heterocycles. The molecule has 88 valence electrons. The van der Waals surface area contributed by atoms with Crippen LogP contribution in [0.15, 0.2) is 12.1 Å². The fraction of sp³-hybridized carbons (Fsp3) is 0.500. The van der Waals surface area contributed by atoms with Gasteiger partial charge in [-0.05, 0) is 24.5 Å². The molecule has 0 fully saturated rings. The number of nitrogens with one attached hydrogen (secondary N) is 1. The zero-order chi connectivity index (χ0) is 12.3. The van der Waals surface area contributed by atoms with E-state index >= 15 is 0 Å². The fourth-order valence-electron chi connectivity index (χ4n) is 1.24. The van der Waals surface area contributed by atoms with Gasteiger partial charge in [0.05, 0.1) is 11.3 Å². The molecule has 1 heterocycles. The molecule has 0 radical (unpaired) electrons. The van der Waals surface area contributed by atoms with Gasteiger partial charge in [0.25, 0.3) is 0 Å². The van der Waals surface area contributed by atoms with E-state index in [1.807, 2.05) is 0 Å². The Morgan fingerprint density at radius 1 is 1.44 bits per heavy atom. The van der Waals surface area contributed by atoms with Gasteiger partial charge in [-0.15, -0.1) is 0 Å². The second kappa shape index (κ2) is 4.51. The predicted molar refractivity (Wildman–Crippen MR) is 63.9 cm³/mol. The van der Waals surface area contributed by atoms with E-state index < -0.39 is 5.97 Å². The minimum Gasteiger partial charge on any atom is -0.478 e. The maximum atomic E-state index is 10.8. The van der Waals surface area contributed by atoms with Crippen LogP contribution in [0.2, 0.25) is 0 Å². The number of hydrogen-bond donors (Lipinski definition) is 2. The summed E-state index contributed by atoms with van der Waals surface area (Å²) in [7, 11) is 0. The Kier molecular flexibility index (Phi) is 3.52. The van der Waals surface area contributed by atoms with Crippen molar-refractivity contribution in [2.24, 2.45) is 5.41 Å². The second-order valence-electron chi connectivity index (χ2n) is 5.05. The summed E-state index contributed by atoms with van der Waals surface area (Å²) in [4.78, 5) is 15.0. The summed E-state index contributed by atoms with van der Waals surface area (Å²) in [6.45, 7) is 8.87. The van der Waals surface area contributed by atoms with Gasteiger partial charge in [-0.3, -0.25) is 0 Å². The van der Waals surface area contributed by atoms with E-state index in [9.17, 15) is 4.79 Å². The molecule has 0 aliphatic carbocycles. The van der Waals surface area contributed by atoms with Gasteiger partial charge in [0.15, 0.2) is 0 Å². The van der Waals surface area contributed by atoms with Crippen molar-refractivity contribution in [2.45, 2.75) is 27.7 Å². The highest BCUT2D eigenvalue weighted by molar-refractivity contribution is 5.89. The van der Waals surface area contributed by atoms with Crippen LogP contribution in [-0.2, 0) is 0 Å². The highest BCUT2D eigenvalue weighted by Gasteiger charge is 2.11. The number of carboxylic acid groups (broad SMARTS) is 1. The SMILES string of the molecule is Cc1nc(NCC(C)(C)C)ccc1C(=O)O. The van der Waals surface area contributed by atoms with Gasteiger partial charge in [-0.25, -0.2) is 9.78 Å². The number of nitrogens with zero attached hydrogens (tertiary/aromatic N) is 1. The molecule has 4 nitrogen and oxygen atoms in total. The standard InChI is InChI=1S/C12H18N2O2/c1-8-9(11(15)16)5-6-10(14-8)13-7-12(2,3)4/h5-6H,7H2,1-4H3,(H,13,14)(H,15,16). The van der Waals surface area contributed by atoms with E-state index in [0.717, 1.165) is 12.4 Å². The van der Waals surface area contributed by atoms with Crippen LogP contribution < -0.4 is 5.32 Å². The van der Waals surface area contributed by atoms with Crippen LogP contribution >= 0.6 is 0 Å². The number of hydrogen-bond acceptors (Lipinski definition) is 3. The molecule has 0 saturated carbocycles. The maximum Gasteiger partial charge on any atom is 0.337 e. The average Bonchev–Trinajstić information content (AvgIpc) is 2.13. The van der Waals surface area contributed by atoms with Crippen LogP contribution in [0.1, 0.15) is 36.8 Å². The van der Waals surface area contributed by atoms with Crippen molar-refractivity contribution in [1.82, 2.24) is 4.98 Å². The molecule has 0 bridgehead atoms. The largest absolute Gasteiger partial charge is 0.478 e. The third kappa shape index (κ3) is 3.53. The molecule has 16 heavy (non-hydrogen) atoms. The zero-order valence-electron chi connectivity index (χ0n) is 10.2. The van der Waals surface area contributed by atoms with Crippen molar-refractivity contribution in [3.8, 4) is 0 Å². The number of rotatable bonds is 3. The first-order valence-electron chi connectivity index (χ1n) is 5.24. The summed E-state index contributed by atoms with van der Waals surface area (Å²) in [5.74, 6) is -0.218. The van der Waals surface area contributed by atoms with E-state index in [4.69, 9.17) is 5.11 Å². The zero-order valence-corrected chi connectivity index (χ0v) is 10.2. The number of carboxylic acids is 1. The molecule has 0 saturated heterocycles. The molecule has 0 spiro atoms. The molecule has 0 aromatic carbocycles. The summed E-state index contributed by atoms with van der Waals surface area (Å²) < 4.78 is 0. The Hall–Kier alpha value is -1.58. The molecule has 4 heteroatoms. The molecule has 0 amide bonds. The molecule has 0 aliphatic rings. The van der Waals surface area contributed by atoms with Gasteiger partial charge in [0.2, 0.25) is 0 Å². The van der Waals surface area contributed by atoms with Crippen molar-refractivity contribution >= 4 is 11.8 Å². The first kappa shape index (κ1) is 12.5. The Labute approximate surface area is 95.7 Å². The topological polar surface area (TPSA) is 62.2 Å². The molecule has 1 rings (SSSR count). The Balaban J connectivity index is 2.78. The number of pyridine rings is 1. The summed E-state index contributed by atoms with van der Waals surface area (Å²) in [5.41, 5.74) is 0.953. The van der Waals surface area contributed by atoms with Gasteiger partial charge in [-0.2, -0.15) is 0 Å². The number of carbonyl (C=O) groups is 1. The van der Waals surface area contributed by atoms with Gasteiger partial charge in [0.1, 0.15) is 5.82 Å². The second-order valence-corrected chi connectivity index (χ2v) is 5.05. The van der Waals surface area contributed by atoms with Crippen molar-refractivity contribution in [2.75, 3.05) is 11.9 Å². The lowest BCUT2D eigenvalue weighted by atomic mass is 9.97. The molecular weight excluding hydrogens is 204 g/mol. The lowest BCUT2D eigenvalue weighted by Gasteiger charge is -2.19. The quantitative estimate of drug-likeness (QED) is 0.825. The number of anilines is 1. The van der Waals surface area contributed by atoms with Crippen LogP contribution in [0, 0.1) is 12.3 Å². The predicted octanol–water partition coefficient (Wildman–Crippen LogP) is 2.55. The third-order valence-electron chi connectivity index (χ3n) is 2.12. The van der Waals surface area contributed by atoms with Crippen LogP contribution in [-0.4, -0.2) is 22.6 Å². The smallest absolute Gasteiger partial charge is 0.337 e. The fourth-order valence-corrected chi connectivity index (χ4v) is 1.24. The van der Waals surface area contributed by atoms with E-state index in [1.165, 1.54) is 0 Å². The molecule has 2 N–H and O–H groups in total. The van der Waals surface area contributed by atoms with Crippen LogP contribution in [0.4, 0.5) is 5.82 Å². The number of aryl methyl sites for hydroxylation is 1. The van der Waals surface area contributed by atoms with Crippen molar-refractivity contribution in [3.05, 3.63) is 23.4 Å². The lowest BCUT2D eigenvalue weighted by Crippen LogP contribution is -2.19. The first-order valence-corrected chi connectivity index (χ1v) is 5.24. The Morgan fingerprint density at radius 3 is 2.50 bits per heavy atom. The first-order chi connectivity index (χ1) is 7.29. The van der Waals surface area contributed by atoms with Gasteiger partial charge >= 0.3 is 5.97 Å². The van der Waals surface area contributed by atoms with Crippen molar-refractivity contribution in [3.63, 3.8) is 0 Å². The van der Waals surface area contributed by atoms with E-state index in [1.54, 1.807) is 19.1 Å². The summed E-state index contributed by atoms with van der Waals surface area (Å²) in [6.07, 6.45) is 0. The van der Waals surface area contributed by atoms with Crippen LogP contribution in [0.3, 0.4) is 0 Å². The third-order valence-corrected chi connectivity index (χ3v) is 2.12. The van der Waals surface area contributed by atoms with E-state index in [0.29, 0.717) is 5.69 Å². The van der Waals surface area contributed by atoms with E-state index in [2.05, 4.69) is 31.1 Å². The summed E-state index contributed by atoms with van der Waals surface area (Å²) in [5, 5.41) is 12.0. The van der Waals surface area contributed by atoms with Crippen molar-refractivity contribution in [1.29, 1.82) is 0 Å².